The number of hydrogen-bond donors (Lipinski definition) is 2. The van der Waals surface area contributed by atoms with Crippen molar-refractivity contribution in [1.29, 1.82) is 0 Å². The van der Waals surface area contributed by atoms with Gasteiger partial charge < -0.3 is 20.1 Å². The van der Waals surface area contributed by atoms with Crippen LogP contribution in [0.2, 0.25) is 0 Å². The van der Waals surface area contributed by atoms with Crippen molar-refractivity contribution in [2.45, 2.75) is 38.0 Å². The molecule has 0 aliphatic carbocycles. The van der Waals surface area contributed by atoms with Gasteiger partial charge in [0.05, 0.1) is 0 Å². The van der Waals surface area contributed by atoms with Crippen molar-refractivity contribution in [3.05, 3.63) is 42.0 Å². The molecular formula is C21H34IN7S. The Morgan fingerprint density at radius 1 is 1.27 bits per heavy atom. The minimum atomic E-state index is 0. The van der Waals surface area contributed by atoms with Crippen molar-refractivity contribution in [2.75, 3.05) is 37.3 Å². The Balaban J connectivity index is 0.00000320. The number of aromatic nitrogens is 3. The summed E-state index contributed by atoms with van der Waals surface area (Å²) < 4.78 is 1.99. The molecule has 9 heteroatoms. The van der Waals surface area contributed by atoms with E-state index in [4.69, 9.17) is 4.99 Å². The predicted octanol–water partition coefficient (Wildman–Crippen LogP) is 3.20. The standard InChI is InChI=1S/C21H33N7S.HI/c1-17-25-26-20(28(17)3)16-24-21(23-15-19-11-7-14-29-19)22-12-8-13-27(2)18-9-5-4-6-10-18;/h4-6,9-10,19H,7-8,11-16H2,1-3H3,(H2,22,23,24);1H. The zero-order valence-corrected chi connectivity index (χ0v) is 21.3. The largest absolute Gasteiger partial charge is 0.375 e. The van der Waals surface area contributed by atoms with Crippen molar-refractivity contribution < 1.29 is 0 Å². The summed E-state index contributed by atoms with van der Waals surface area (Å²) in [4.78, 5) is 7.03. The van der Waals surface area contributed by atoms with Crippen molar-refractivity contribution >= 4 is 47.4 Å². The van der Waals surface area contributed by atoms with E-state index < -0.39 is 0 Å². The van der Waals surface area contributed by atoms with Crippen LogP contribution in [-0.2, 0) is 13.6 Å². The van der Waals surface area contributed by atoms with Gasteiger partial charge in [-0.05, 0) is 44.1 Å². The van der Waals surface area contributed by atoms with Crippen LogP contribution in [0.3, 0.4) is 0 Å². The third kappa shape index (κ3) is 7.64. The van der Waals surface area contributed by atoms with Gasteiger partial charge in [0.2, 0.25) is 0 Å². The Kier molecular flexibility index (Phi) is 10.8. The van der Waals surface area contributed by atoms with Crippen molar-refractivity contribution in [1.82, 2.24) is 25.4 Å². The molecule has 0 spiro atoms. The molecule has 1 aliphatic heterocycles. The SMILES string of the molecule is Cc1nnc(CN=C(NCCCN(C)c2ccccc2)NCC2CCCS2)n1C.I. The molecule has 30 heavy (non-hydrogen) atoms. The summed E-state index contributed by atoms with van der Waals surface area (Å²) in [5.41, 5.74) is 1.25. The molecule has 1 aromatic heterocycles. The normalized spacial score (nSPS) is 16.2. The summed E-state index contributed by atoms with van der Waals surface area (Å²) in [5, 5.41) is 16.0. The van der Waals surface area contributed by atoms with Crippen molar-refractivity contribution in [2.24, 2.45) is 12.0 Å². The first-order valence-corrected chi connectivity index (χ1v) is 11.4. The third-order valence-corrected chi connectivity index (χ3v) is 6.64. The van der Waals surface area contributed by atoms with Gasteiger partial charge in [-0.1, -0.05) is 18.2 Å². The fourth-order valence-electron chi connectivity index (χ4n) is 3.26. The highest BCUT2D eigenvalue weighted by Gasteiger charge is 2.15. The van der Waals surface area contributed by atoms with Crippen LogP contribution in [0.1, 0.15) is 30.9 Å². The summed E-state index contributed by atoms with van der Waals surface area (Å²) in [6.07, 6.45) is 3.64. The molecule has 0 radical (unpaired) electrons. The van der Waals surface area contributed by atoms with Crippen LogP contribution in [0, 0.1) is 6.92 Å². The Hall–Kier alpha value is -1.49. The molecular weight excluding hydrogens is 509 g/mol. The number of nitrogens with zero attached hydrogens (tertiary/aromatic N) is 5. The van der Waals surface area contributed by atoms with E-state index in [9.17, 15) is 0 Å². The summed E-state index contributed by atoms with van der Waals surface area (Å²) in [7, 11) is 4.12. The zero-order valence-electron chi connectivity index (χ0n) is 18.2. The fourth-order valence-corrected chi connectivity index (χ4v) is 4.46. The van der Waals surface area contributed by atoms with Crippen molar-refractivity contribution in [3.63, 3.8) is 0 Å². The second-order valence-corrected chi connectivity index (χ2v) is 8.85. The van der Waals surface area contributed by atoms with Crippen LogP contribution in [0.5, 0.6) is 0 Å². The number of nitrogens with one attached hydrogen (secondary N) is 2. The third-order valence-electron chi connectivity index (χ3n) is 5.24. The fraction of sp³-hybridized carbons (Fsp3) is 0.571. The molecule has 2 aromatic rings. The summed E-state index contributed by atoms with van der Waals surface area (Å²) in [6.45, 7) is 5.30. The maximum absolute atomic E-state index is 4.75. The highest BCUT2D eigenvalue weighted by molar-refractivity contribution is 14.0. The number of rotatable bonds is 9. The molecule has 1 aliphatic rings. The topological polar surface area (TPSA) is 70.4 Å². The Bertz CT molecular complexity index is 775. The van der Waals surface area contributed by atoms with Crippen LogP contribution in [0.15, 0.2) is 35.3 Å². The number of hydrogen-bond acceptors (Lipinski definition) is 5. The first-order chi connectivity index (χ1) is 14.1. The van der Waals surface area contributed by atoms with Crippen LogP contribution in [-0.4, -0.2) is 58.4 Å². The van der Waals surface area contributed by atoms with Gasteiger partial charge >= 0.3 is 0 Å². The average molecular weight is 544 g/mol. The number of para-hydroxylation sites is 1. The van der Waals surface area contributed by atoms with Gasteiger partial charge in [-0.3, -0.25) is 0 Å². The zero-order chi connectivity index (χ0) is 20.5. The van der Waals surface area contributed by atoms with E-state index in [0.717, 1.165) is 43.7 Å². The number of guanidine groups is 1. The number of aliphatic imine (C=N–C) groups is 1. The molecule has 1 atom stereocenters. The van der Waals surface area contributed by atoms with Crippen LogP contribution >= 0.6 is 35.7 Å². The minimum Gasteiger partial charge on any atom is -0.375 e. The van der Waals surface area contributed by atoms with E-state index in [1.165, 1.54) is 24.3 Å². The van der Waals surface area contributed by atoms with E-state index in [1.807, 2.05) is 18.5 Å². The molecule has 0 amide bonds. The molecule has 1 saturated heterocycles. The quantitative estimate of drug-likeness (QED) is 0.219. The minimum absolute atomic E-state index is 0. The molecule has 3 rings (SSSR count). The Morgan fingerprint density at radius 2 is 2.07 bits per heavy atom. The molecule has 1 unspecified atom stereocenters. The molecule has 1 fully saturated rings. The lowest BCUT2D eigenvalue weighted by Gasteiger charge is -2.20. The van der Waals surface area contributed by atoms with Gasteiger partial charge in [-0.15, -0.1) is 34.2 Å². The molecule has 0 bridgehead atoms. The van der Waals surface area contributed by atoms with Crippen LogP contribution in [0.4, 0.5) is 5.69 Å². The van der Waals surface area contributed by atoms with E-state index >= 15 is 0 Å². The highest BCUT2D eigenvalue weighted by Crippen LogP contribution is 2.25. The lowest BCUT2D eigenvalue weighted by molar-refractivity contribution is 0.697. The van der Waals surface area contributed by atoms with Gasteiger partial charge in [0.1, 0.15) is 12.4 Å². The van der Waals surface area contributed by atoms with Gasteiger partial charge in [-0.25, -0.2) is 4.99 Å². The van der Waals surface area contributed by atoms with Gasteiger partial charge in [0.25, 0.3) is 0 Å². The number of thioether (sulfide) groups is 1. The van der Waals surface area contributed by atoms with Crippen LogP contribution in [0.25, 0.3) is 0 Å². The Morgan fingerprint density at radius 3 is 2.73 bits per heavy atom. The maximum Gasteiger partial charge on any atom is 0.191 e. The van der Waals surface area contributed by atoms with E-state index in [1.54, 1.807) is 0 Å². The van der Waals surface area contributed by atoms with Crippen LogP contribution < -0.4 is 15.5 Å². The number of aryl methyl sites for hydroxylation is 1. The smallest absolute Gasteiger partial charge is 0.191 e. The first-order valence-electron chi connectivity index (χ1n) is 10.4. The molecule has 2 N–H and O–H groups in total. The molecule has 166 valence electrons. The maximum atomic E-state index is 4.75. The molecule has 1 aromatic carbocycles. The van der Waals surface area contributed by atoms with Gasteiger partial charge in [0.15, 0.2) is 11.8 Å². The summed E-state index contributed by atoms with van der Waals surface area (Å²) >= 11 is 2.06. The second kappa shape index (κ2) is 13.0. The molecule has 2 heterocycles. The Labute approximate surface area is 201 Å². The van der Waals surface area contributed by atoms with Gasteiger partial charge in [-0.2, -0.15) is 11.8 Å². The second-order valence-electron chi connectivity index (χ2n) is 7.44. The lowest BCUT2D eigenvalue weighted by atomic mass is 10.2. The highest BCUT2D eigenvalue weighted by atomic mass is 127. The number of anilines is 1. The van der Waals surface area contributed by atoms with E-state index in [0.29, 0.717) is 11.8 Å². The van der Waals surface area contributed by atoms with Crippen molar-refractivity contribution in [3.8, 4) is 0 Å². The summed E-state index contributed by atoms with van der Waals surface area (Å²) in [6, 6.07) is 10.5. The molecule has 0 saturated carbocycles. The number of benzene rings is 1. The van der Waals surface area contributed by atoms with E-state index in [2.05, 4.69) is 74.9 Å². The van der Waals surface area contributed by atoms with Gasteiger partial charge in [0, 0.05) is 44.7 Å². The van der Waals surface area contributed by atoms with E-state index in [-0.39, 0.29) is 24.0 Å². The monoisotopic (exact) mass is 543 g/mol. The number of halogens is 1. The molecule has 7 nitrogen and oxygen atoms in total. The summed E-state index contributed by atoms with van der Waals surface area (Å²) in [5.74, 6) is 3.92. The first kappa shape index (κ1) is 24.8. The predicted molar refractivity (Wildman–Crippen MR) is 138 cm³/mol. The lowest BCUT2D eigenvalue weighted by Crippen LogP contribution is -2.41. The average Bonchev–Trinajstić information content (AvgIpc) is 3.38.